The number of hydrogen-bond acceptors (Lipinski definition) is 2. The van der Waals surface area contributed by atoms with Crippen LogP contribution >= 0.6 is 0 Å². The summed E-state index contributed by atoms with van der Waals surface area (Å²) < 4.78 is 1.91. The summed E-state index contributed by atoms with van der Waals surface area (Å²) >= 11 is 0. The molecule has 0 aliphatic heterocycles. The van der Waals surface area contributed by atoms with Gasteiger partial charge >= 0.3 is 0 Å². The molecule has 1 aliphatic rings. The third-order valence-corrected chi connectivity index (χ3v) is 3.83. The number of nitrogens with zero attached hydrogens (tertiary/aromatic N) is 2. The van der Waals surface area contributed by atoms with Crippen molar-refractivity contribution in [2.24, 2.45) is 7.05 Å². The predicted octanol–water partition coefficient (Wildman–Crippen LogP) is 2.23. The molecule has 3 heteroatoms. The molecule has 3 nitrogen and oxygen atoms in total. The molecule has 0 aromatic carbocycles. The summed E-state index contributed by atoms with van der Waals surface area (Å²) in [5.41, 5.74) is 1.73. The zero-order valence-electron chi connectivity index (χ0n) is 10.7. The lowest BCUT2D eigenvalue weighted by atomic mass is 9.83. The predicted molar refractivity (Wildman–Crippen MR) is 66.5 cm³/mol. The van der Waals surface area contributed by atoms with E-state index < -0.39 is 0 Å². The van der Waals surface area contributed by atoms with Gasteiger partial charge in [-0.1, -0.05) is 13.8 Å². The van der Waals surface area contributed by atoms with Crippen molar-refractivity contribution in [2.75, 3.05) is 6.54 Å². The molecular weight excluding hydrogens is 198 g/mol. The first-order valence-electron chi connectivity index (χ1n) is 6.36. The fourth-order valence-electron chi connectivity index (χ4n) is 2.76. The van der Waals surface area contributed by atoms with Gasteiger partial charge in [0.05, 0.1) is 6.20 Å². The SMILES string of the molecule is CCCNC1CCC(C)(c2cnn(C)c2)C1. The summed E-state index contributed by atoms with van der Waals surface area (Å²) in [6.45, 7) is 5.74. The summed E-state index contributed by atoms with van der Waals surface area (Å²) in [5, 5.41) is 7.93. The fraction of sp³-hybridized carbons (Fsp3) is 0.769. The molecule has 1 aliphatic carbocycles. The average molecular weight is 221 g/mol. The summed E-state index contributed by atoms with van der Waals surface area (Å²) in [6.07, 6.45) is 9.24. The van der Waals surface area contributed by atoms with Crippen LogP contribution in [0.25, 0.3) is 0 Å². The first-order valence-corrected chi connectivity index (χ1v) is 6.36. The molecule has 0 radical (unpaired) electrons. The van der Waals surface area contributed by atoms with Gasteiger partial charge in [0.15, 0.2) is 0 Å². The van der Waals surface area contributed by atoms with Crippen molar-refractivity contribution < 1.29 is 0 Å². The molecule has 2 unspecified atom stereocenters. The molecule has 0 saturated heterocycles. The molecule has 90 valence electrons. The van der Waals surface area contributed by atoms with E-state index in [0.717, 1.165) is 6.54 Å². The Balaban J connectivity index is 2.00. The van der Waals surface area contributed by atoms with E-state index >= 15 is 0 Å². The van der Waals surface area contributed by atoms with Gasteiger partial charge in [0.2, 0.25) is 0 Å². The molecule has 1 fully saturated rings. The molecule has 1 aromatic heterocycles. The number of aromatic nitrogens is 2. The molecule has 0 spiro atoms. The average Bonchev–Trinajstić information content (AvgIpc) is 2.83. The largest absolute Gasteiger partial charge is 0.314 e. The van der Waals surface area contributed by atoms with Gasteiger partial charge in [-0.25, -0.2) is 0 Å². The molecule has 2 rings (SSSR count). The first kappa shape index (κ1) is 11.6. The molecule has 1 saturated carbocycles. The zero-order chi connectivity index (χ0) is 11.6. The van der Waals surface area contributed by atoms with Crippen LogP contribution in [0.4, 0.5) is 0 Å². The summed E-state index contributed by atoms with van der Waals surface area (Å²) in [7, 11) is 1.99. The number of nitrogens with one attached hydrogen (secondary N) is 1. The Morgan fingerprint density at radius 2 is 2.44 bits per heavy atom. The lowest BCUT2D eigenvalue weighted by Gasteiger charge is -2.22. The van der Waals surface area contributed by atoms with Gasteiger partial charge in [0.1, 0.15) is 0 Å². The van der Waals surface area contributed by atoms with Crippen LogP contribution in [0.5, 0.6) is 0 Å². The topological polar surface area (TPSA) is 29.9 Å². The smallest absolute Gasteiger partial charge is 0.0527 e. The van der Waals surface area contributed by atoms with E-state index in [2.05, 4.69) is 30.5 Å². The highest BCUT2D eigenvalue weighted by Gasteiger charge is 2.36. The van der Waals surface area contributed by atoms with Gasteiger partial charge in [-0.3, -0.25) is 4.68 Å². The Labute approximate surface area is 98.2 Å². The number of rotatable bonds is 4. The van der Waals surface area contributed by atoms with Crippen LogP contribution in [-0.4, -0.2) is 22.4 Å². The van der Waals surface area contributed by atoms with Crippen LogP contribution in [0.2, 0.25) is 0 Å². The van der Waals surface area contributed by atoms with Crippen LogP contribution in [0.1, 0.15) is 45.1 Å². The van der Waals surface area contributed by atoms with Crippen LogP contribution in [0.3, 0.4) is 0 Å². The standard InChI is InChI=1S/C13H23N3/c1-4-7-14-12-5-6-13(2,8-12)11-9-15-16(3)10-11/h9-10,12,14H,4-8H2,1-3H3. The van der Waals surface area contributed by atoms with Crippen molar-refractivity contribution in [3.8, 4) is 0 Å². The Bertz CT molecular complexity index is 345. The fourth-order valence-corrected chi connectivity index (χ4v) is 2.76. The molecular formula is C13H23N3. The van der Waals surface area contributed by atoms with Crippen molar-refractivity contribution in [2.45, 2.75) is 51.0 Å². The lowest BCUT2D eigenvalue weighted by Crippen LogP contribution is -2.29. The second-order valence-electron chi connectivity index (χ2n) is 5.36. The maximum atomic E-state index is 4.29. The summed E-state index contributed by atoms with van der Waals surface area (Å²) in [6, 6.07) is 0.699. The quantitative estimate of drug-likeness (QED) is 0.845. The summed E-state index contributed by atoms with van der Waals surface area (Å²) in [4.78, 5) is 0. The highest BCUT2D eigenvalue weighted by molar-refractivity contribution is 5.21. The summed E-state index contributed by atoms with van der Waals surface area (Å²) in [5.74, 6) is 0. The Morgan fingerprint density at radius 3 is 3.06 bits per heavy atom. The van der Waals surface area contributed by atoms with Crippen molar-refractivity contribution in [1.29, 1.82) is 0 Å². The molecule has 1 heterocycles. The maximum absolute atomic E-state index is 4.29. The van der Waals surface area contributed by atoms with E-state index in [1.54, 1.807) is 0 Å². The number of aryl methyl sites for hydroxylation is 1. The second kappa shape index (κ2) is 4.58. The Kier molecular flexibility index (Phi) is 3.33. The molecule has 2 atom stereocenters. The van der Waals surface area contributed by atoms with Crippen LogP contribution in [0.15, 0.2) is 12.4 Å². The monoisotopic (exact) mass is 221 g/mol. The second-order valence-corrected chi connectivity index (χ2v) is 5.36. The van der Waals surface area contributed by atoms with E-state index in [1.165, 1.54) is 31.2 Å². The van der Waals surface area contributed by atoms with Gasteiger partial charge in [-0.2, -0.15) is 5.10 Å². The Morgan fingerprint density at radius 1 is 1.62 bits per heavy atom. The van der Waals surface area contributed by atoms with Gasteiger partial charge in [0.25, 0.3) is 0 Å². The minimum absolute atomic E-state index is 0.333. The minimum Gasteiger partial charge on any atom is -0.314 e. The van der Waals surface area contributed by atoms with E-state index in [0.29, 0.717) is 11.5 Å². The molecule has 1 N–H and O–H groups in total. The van der Waals surface area contributed by atoms with Crippen molar-refractivity contribution in [3.05, 3.63) is 18.0 Å². The van der Waals surface area contributed by atoms with Crippen LogP contribution in [-0.2, 0) is 12.5 Å². The van der Waals surface area contributed by atoms with Crippen molar-refractivity contribution in [1.82, 2.24) is 15.1 Å². The maximum Gasteiger partial charge on any atom is 0.0527 e. The van der Waals surface area contributed by atoms with Crippen LogP contribution in [0, 0.1) is 0 Å². The molecule has 16 heavy (non-hydrogen) atoms. The normalized spacial score (nSPS) is 29.8. The van der Waals surface area contributed by atoms with Gasteiger partial charge < -0.3 is 5.32 Å². The van der Waals surface area contributed by atoms with E-state index in [4.69, 9.17) is 0 Å². The molecule has 0 amide bonds. The van der Waals surface area contributed by atoms with E-state index in [-0.39, 0.29) is 0 Å². The minimum atomic E-state index is 0.333. The Hall–Kier alpha value is -0.830. The van der Waals surface area contributed by atoms with E-state index in [9.17, 15) is 0 Å². The zero-order valence-corrected chi connectivity index (χ0v) is 10.7. The first-order chi connectivity index (χ1) is 7.64. The third-order valence-electron chi connectivity index (χ3n) is 3.83. The highest BCUT2D eigenvalue weighted by atomic mass is 15.2. The highest BCUT2D eigenvalue weighted by Crippen LogP contribution is 2.40. The van der Waals surface area contributed by atoms with Crippen molar-refractivity contribution >= 4 is 0 Å². The van der Waals surface area contributed by atoms with Crippen molar-refractivity contribution in [3.63, 3.8) is 0 Å². The van der Waals surface area contributed by atoms with Gasteiger partial charge in [-0.15, -0.1) is 0 Å². The molecule has 0 bridgehead atoms. The van der Waals surface area contributed by atoms with Crippen LogP contribution < -0.4 is 5.32 Å². The molecule has 1 aromatic rings. The lowest BCUT2D eigenvalue weighted by molar-refractivity contribution is 0.452. The van der Waals surface area contributed by atoms with Gasteiger partial charge in [-0.05, 0) is 43.2 Å². The van der Waals surface area contributed by atoms with E-state index in [1.807, 2.05) is 17.9 Å². The van der Waals surface area contributed by atoms with Gasteiger partial charge in [0, 0.05) is 19.3 Å². The third kappa shape index (κ3) is 2.29. The number of hydrogen-bond donors (Lipinski definition) is 1.